The van der Waals surface area contributed by atoms with E-state index in [1.165, 1.54) is 39.4 Å². The number of para-hydroxylation sites is 2. The second kappa shape index (κ2) is 7.21. The highest BCUT2D eigenvalue weighted by Crippen LogP contribution is 2.28. The molecule has 0 saturated carbocycles. The van der Waals surface area contributed by atoms with E-state index in [-0.39, 0.29) is 21.2 Å². The van der Waals surface area contributed by atoms with Gasteiger partial charge in [0.25, 0.3) is 0 Å². The fraction of sp³-hybridized carbons (Fsp3) is 0.188. The Morgan fingerprint density at radius 3 is 2.29 bits per heavy atom. The average Bonchev–Trinajstić information content (AvgIpc) is 2.55. The summed E-state index contributed by atoms with van der Waals surface area (Å²) in [6, 6.07) is 10.5. The van der Waals surface area contributed by atoms with Crippen molar-refractivity contribution in [3.63, 3.8) is 0 Å². The lowest BCUT2D eigenvalue weighted by molar-refractivity contribution is 0.0729. The van der Waals surface area contributed by atoms with Crippen LogP contribution in [0.25, 0.3) is 0 Å². The zero-order valence-electron chi connectivity index (χ0n) is 13.3. The van der Waals surface area contributed by atoms with Crippen LogP contribution in [0.2, 0.25) is 5.02 Å². The van der Waals surface area contributed by atoms with Crippen LogP contribution in [-0.2, 0) is 10.0 Å². The molecule has 0 aromatic heterocycles. The first-order valence-electron chi connectivity index (χ1n) is 6.84. The molecule has 24 heavy (non-hydrogen) atoms. The van der Waals surface area contributed by atoms with Gasteiger partial charge < -0.3 is 9.47 Å². The SMILES string of the molecule is COc1ccccc1OC(=O)c1cc(S(=O)(=O)N(C)C)ccc1Cl. The zero-order chi connectivity index (χ0) is 17.9. The van der Waals surface area contributed by atoms with E-state index in [4.69, 9.17) is 21.1 Å². The van der Waals surface area contributed by atoms with Crippen molar-refractivity contribution >= 4 is 27.6 Å². The fourth-order valence-corrected chi connectivity index (χ4v) is 3.01. The first-order valence-corrected chi connectivity index (χ1v) is 8.66. The summed E-state index contributed by atoms with van der Waals surface area (Å²) in [7, 11) is 0.554. The quantitative estimate of drug-likeness (QED) is 0.598. The number of halogens is 1. The molecule has 0 radical (unpaired) electrons. The van der Waals surface area contributed by atoms with Crippen LogP contribution in [0.5, 0.6) is 11.5 Å². The largest absolute Gasteiger partial charge is 0.493 e. The molecule has 0 spiro atoms. The van der Waals surface area contributed by atoms with Gasteiger partial charge in [-0.2, -0.15) is 0 Å². The Morgan fingerprint density at radius 2 is 1.71 bits per heavy atom. The maximum Gasteiger partial charge on any atom is 0.345 e. The summed E-state index contributed by atoms with van der Waals surface area (Å²) in [6.45, 7) is 0. The highest BCUT2D eigenvalue weighted by atomic mass is 35.5. The molecule has 0 fully saturated rings. The second-order valence-corrected chi connectivity index (χ2v) is 7.53. The number of carbonyl (C=O) groups excluding carboxylic acids is 1. The Labute approximate surface area is 145 Å². The third-order valence-electron chi connectivity index (χ3n) is 3.21. The van der Waals surface area contributed by atoms with E-state index >= 15 is 0 Å². The van der Waals surface area contributed by atoms with Crippen LogP contribution in [0, 0.1) is 0 Å². The van der Waals surface area contributed by atoms with E-state index in [0.717, 1.165) is 4.31 Å². The minimum atomic E-state index is -3.69. The molecule has 0 heterocycles. The molecular formula is C16H16ClNO5S. The topological polar surface area (TPSA) is 72.9 Å². The van der Waals surface area contributed by atoms with Crippen LogP contribution in [0.15, 0.2) is 47.4 Å². The van der Waals surface area contributed by atoms with Crippen molar-refractivity contribution in [2.75, 3.05) is 21.2 Å². The van der Waals surface area contributed by atoms with E-state index in [2.05, 4.69) is 0 Å². The van der Waals surface area contributed by atoms with Crippen LogP contribution < -0.4 is 9.47 Å². The molecule has 0 amide bonds. The van der Waals surface area contributed by atoms with E-state index in [0.29, 0.717) is 5.75 Å². The highest BCUT2D eigenvalue weighted by molar-refractivity contribution is 7.89. The van der Waals surface area contributed by atoms with Crippen molar-refractivity contribution in [3.05, 3.63) is 53.1 Å². The Kier molecular flexibility index (Phi) is 5.48. The first kappa shape index (κ1) is 18.3. The maximum atomic E-state index is 12.4. The number of nitrogens with zero attached hydrogens (tertiary/aromatic N) is 1. The van der Waals surface area contributed by atoms with Gasteiger partial charge in [0, 0.05) is 14.1 Å². The second-order valence-electron chi connectivity index (χ2n) is 4.97. The summed E-state index contributed by atoms with van der Waals surface area (Å²) in [5.74, 6) is -0.193. The zero-order valence-corrected chi connectivity index (χ0v) is 14.9. The number of hydrogen-bond donors (Lipinski definition) is 0. The van der Waals surface area contributed by atoms with Gasteiger partial charge in [-0.1, -0.05) is 23.7 Å². The van der Waals surface area contributed by atoms with Gasteiger partial charge in [0.1, 0.15) is 0 Å². The number of hydrogen-bond acceptors (Lipinski definition) is 5. The van der Waals surface area contributed by atoms with Crippen molar-refractivity contribution in [2.45, 2.75) is 4.90 Å². The normalized spacial score (nSPS) is 11.4. The molecular weight excluding hydrogens is 354 g/mol. The van der Waals surface area contributed by atoms with Crippen LogP contribution in [0.4, 0.5) is 0 Å². The summed E-state index contributed by atoms with van der Waals surface area (Å²) in [4.78, 5) is 12.3. The van der Waals surface area contributed by atoms with Crippen LogP contribution in [0.1, 0.15) is 10.4 Å². The standard InChI is InChI=1S/C16H16ClNO5S/c1-18(2)24(20,21)11-8-9-13(17)12(10-11)16(19)23-15-7-5-4-6-14(15)22-3/h4-10H,1-3H3. The Morgan fingerprint density at radius 1 is 1.08 bits per heavy atom. The van der Waals surface area contributed by atoms with Gasteiger partial charge in [0.2, 0.25) is 10.0 Å². The minimum Gasteiger partial charge on any atom is -0.493 e. The van der Waals surface area contributed by atoms with Gasteiger partial charge in [-0.15, -0.1) is 0 Å². The Balaban J connectivity index is 2.40. The predicted octanol–water partition coefficient (Wildman–Crippen LogP) is 2.82. The van der Waals surface area contributed by atoms with Crippen LogP contribution in [0.3, 0.4) is 0 Å². The first-order chi connectivity index (χ1) is 11.3. The highest BCUT2D eigenvalue weighted by Gasteiger charge is 2.22. The van der Waals surface area contributed by atoms with Gasteiger partial charge in [-0.05, 0) is 30.3 Å². The number of ether oxygens (including phenoxy) is 2. The summed E-state index contributed by atoms with van der Waals surface area (Å²) in [5, 5.41) is 0.0904. The lowest BCUT2D eigenvalue weighted by Crippen LogP contribution is -2.22. The average molecular weight is 370 g/mol. The number of carbonyl (C=O) groups is 1. The predicted molar refractivity (Wildman–Crippen MR) is 90.3 cm³/mol. The Bertz CT molecular complexity index is 865. The van der Waals surface area contributed by atoms with Crippen molar-refractivity contribution in [1.82, 2.24) is 4.31 Å². The van der Waals surface area contributed by atoms with Gasteiger partial charge >= 0.3 is 5.97 Å². The molecule has 0 unspecified atom stereocenters. The molecule has 0 aliphatic rings. The Hall–Kier alpha value is -2.09. The molecule has 0 aliphatic carbocycles. The van der Waals surface area contributed by atoms with E-state index in [9.17, 15) is 13.2 Å². The van der Waals surface area contributed by atoms with E-state index < -0.39 is 16.0 Å². The summed E-state index contributed by atoms with van der Waals surface area (Å²) in [6.07, 6.45) is 0. The van der Waals surface area contributed by atoms with Crippen LogP contribution in [-0.4, -0.2) is 39.9 Å². The number of methoxy groups -OCH3 is 1. The molecule has 0 N–H and O–H groups in total. The molecule has 0 bridgehead atoms. The van der Waals surface area contributed by atoms with E-state index in [1.54, 1.807) is 24.3 Å². The molecule has 6 nitrogen and oxygen atoms in total. The molecule has 8 heteroatoms. The van der Waals surface area contributed by atoms with Crippen molar-refractivity contribution in [3.8, 4) is 11.5 Å². The van der Waals surface area contributed by atoms with Gasteiger partial charge in [0.05, 0.1) is 22.6 Å². The summed E-state index contributed by atoms with van der Waals surface area (Å²) < 4.78 is 35.8. The smallest absolute Gasteiger partial charge is 0.345 e. The van der Waals surface area contributed by atoms with Crippen molar-refractivity contribution in [2.24, 2.45) is 0 Å². The monoisotopic (exact) mass is 369 g/mol. The van der Waals surface area contributed by atoms with Crippen LogP contribution >= 0.6 is 11.6 Å². The number of benzene rings is 2. The van der Waals surface area contributed by atoms with Gasteiger partial charge in [-0.25, -0.2) is 17.5 Å². The number of sulfonamides is 1. The lowest BCUT2D eigenvalue weighted by atomic mass is 10.2. The lowest BCUT2D eigenvalue weighted by Gasteiger charge is -2.13. The molecule has 2 aromatic carbocycles. The number of esters is 1. The minimum absolute atomic E-state index is 0.0505. The third kappa shape index (κ3) is 3.69. The summed E-state index contributed by atoms with van der Waals surface area (Å²) in [5.41, 5.74) is -0.0505. The van der Waals surface area contributed by atoms with E-state index in [1.807, 2.05) is 0 Å². The van der Waals surface area contributed by atoms with Gasteiger partial charge in [0.15, 0.2) is 11.5 Å². The third-order valence-corrected chi connectivity index (χ3v) is 5.35. The van der Waals surface area contributed by atoms with Crippen molar-refractivity contribution < 1.29 is 22.7 Å². The molecule has 128 valence electrons. The van der Waals surface area contributed by atoms with Crippen molar-refractivity contribution in [1.29, 1.82) is 0 Å². The molecule has 0 saturated heterocycles. The maximum absolute atomic E-state index is 12.4. The number of rotatable bonds is 5. The molecule has 0 aliphatic heterocycles. The molecule has 2 aromatic rings. The molecule has 2 rings (SSSR count). The molecule has 0 atom stereocenters. The summed E-state index contributed by atoms with van der Waals surface area (Å²) >= 11 is 6.02. The van der Waals surface area contributed by atoms with Gasteiger partial charge in [-0.3, -0.25) is 0 Å². The fourth-order valence-electron chi connectivity index (χ4n) is 1.89.